The molecule has 4 aromatic rings. The zero-order valence-electron chi connectivity index (χ0n) is 13.4. The Morgan fingerprint density at radius 3 is 2.92 bits per heavy atom. The fourth-order valence-electron chi connectivity index (χ4n) is 2.70. The molecule has 10 heteroatoms. The summed E-state index contributed by atoms with van der Waals surface area (Å²) in [6.07, 6.45) is 0. The van der Waals surface area contributed by atoms with E-state index in [1.807, 2.05) is 27.8 Å². The molecule has 0 saturated carbocycles. The van der Waals surface area contributed by atoms with Crippen LogP contribution in [0.25, 0.3) is 16.0 Å². The molecule has 0 aliphatic heterocycles. The lowest BCUT2D eigenvalue weighted by atomic mass is 10.4. The molecule has 0 aliphatic rings. The molecule has 0 atom stereocenters. The molecule has 0 spiro atoms. The van der Waals surface area contributed by atoms with Gasteiger partial charge in [-0.05, 0) is 18.5 Å². The highest BCUT2D eigenvalue weighted by atomic mass is 32.1. The van der Waals surface area contributed by atoms with Gasteiger partial charge in [0.1, 0.15) is 4.70 Å². The zero-order chi connectivity index (χ0) is 16.8. The van der Waals surface area contributed by atoms with Crippen LogP contribution in [-0.4, -0.2) is 41.3 Å². The second-order valence-electron chi connectivity index (χ2n) is 5.65. The summed E-state index contributed by atoms with van der Waals surface area (Å²) in [5, 5.41) is 14.2. The minimum Gasteiger partial charge on any atom is -0.340 e. The minimum absolute atomic E-state index is 0.0536. The molecule has 4 rings (SSSR count). The van der Waals surface area contributed by atoms with Gasteiger partial charge in [0, 0.05) is 14.0 Å². The van der Waals surface area contributed by atoms with Gasteiger partial charge in [0.25, 0.3) is 5.56 Å². The maximum atomic E-state index is 12.3. The molecule has 124 valence electrons. The maximum absolute atomic E-state index is 12.3. The van der Waals surface area contributed by atoms with Gasteiger partial charge >= 0.3 is 0 Å². The number of thiophene rings is 1. The molecule has 0 N–H and O–H groups in total. The minimum atomic E-state index is -0.0536. The molecule has 0 bridgehead atoms. The van der Waals surface area contributed by atoms with Crippen LogP contribution in [0, 0.1) is 6.92 Å². The van der Waals surface area contributed by atoms with Gasteiger partial charge in [-0.3, -0.25) is 18.7 Å². The van der Waals surface area contributed by atoms with E-state index >= 15 is 0 Å². The van der Waals surface area contributed by atoms with Gasteiger partial charge in [0.05, 0.1) is 18.6 Å². The molecule has 0 fully saturated rings. The number of hydrogen-bond donors (Lipinski definition) is 0. The van der Waals surface area contributed by atoms with E-state index < -0.39 is 0 Å². The first-order valence-electron chi connectivity index (χ1n) is 7.32. The number of aryl methyl sites for hydroxylation is 2. The summed E-state index contributed by atoms with van der Waals surface area (Å²) in [5.41, 5.74) is 0.781. The summed E-state index contributed by atoms with van der Waals surface area (Å²) >= 11 is 1.42. The summed E-state index contributed by atoms with van der Waals surface area (Å²) in [4.78, 5) is 18.6. The van der Waals surface area contributed by atoms with Gasteiger partial charge in [0.2, 0.25) is 11.7 Å². The van der Waals surface area contributed by atoms with Gasteiger partial charge in [-0.1, -0.05) is 5.16 Å². The SMILES string of the molecule is Cc1nc(CN(C)Cc2nnc3n(C)c(=O)c4sccc4n23)no1. The van der Waals surface area contributed by atoms with Crippen molar-refractivity contribution < 1.29 is 4.52 Å². The van der Waals surface area contributed by atoms with Crippen molar-refractivity contribution in [2.45, 2.75) is 20.0 Å². The highest BCUT2D eigenvalue weighted by Gasteiger charge is 2.17. The van der Waals surface area contributed by atoms with Crippen molar-refractivity contribution in [3.8, 4) is 0 Å². The molecule has 24 heavy (non-hydrogen) atoms. The van der Waals surface area contributed by atoms with Gasteiger partial charge < -0.3 is 4.52 Å². The molecule has 0 aliphatic carbocycles. The van der Waals surface area contributed by atoms with Gasteiger partial charge in [-0.15, -0.1) is 21.5 Å². The van der Waals surface area contributed by atoms with Crippen LogP contribution in [0.1, 0.15) is 17.5 Å². The van der Waals surface area contributed by atoms with Crippen molar-refractivity contribution >= 4 is 27.3 Å². The Labute approximate surface area is 140 Å². The number of rotatable bonds is 4. The number of nitrogens with zero attached hydrogens (tertiary/aromatic N) is 7. The van der Waals surface area contributed by atoms with Gasteiger partial charge in [-0.2, -0.15) is 4.98 Å². The summed E-state index contributed by atoms with van der Waals surface area (Å²) in [6.45, 7) is 2.83. The smallest absolute Gasteiger partial charge is 0.272 e. The van der Waals surface area contributed by atoms with Crippen LogP contribution in [-0.2, 0) is 20.1 Å². The van der Waals surface area contributed by atoms with Crippen molar-refractivity contribution in [2.24, 2.45) is 7.05 Å². The Kier molecular flexibility index (Phi) is 3.43. The highest BCUT2D eigenvalue weighted by molar-refractivity contribution is 7.17. The number of fused-ring (bicyclic) bond motifs is 3. The second kappa shape index (κ2) is 5.49. The molecular weight excluding hydrogens is 330 g/mol. The lowest BCUT2D eigenvalue weighted by molar-refractivity contribution is 0.293. The second-order valence-corrected chi connectivity index (χ2v) is 6.57. The van der Waals surface area contributed by atoms with E-state index in [1.54, 1.807) is 14.0 Å². The Morgan fingerprint density at radius 2 is 2.17 bits per heavy atom. The molecule has 9 nitrogen and oxygen atoms in total. The van der Waals surface area contributed by atoms with Crippen molar-refractivity contribution in [1.82, 2.24) is 34.2 Å². The van der Waals surface area contributed by atoms with Crippen LogP contribution in [0.3, 0.4) is 0 Å². The maximum Gasteiger partial charge on any atom is 0.272 e. The summed E-state index contributed by atoms with van der Waals surface area (Å²) in [5.74, 6) is 2.45. The molecule has 4 aromatic heterocycles. The first kappa shape index (κ1) is 15.0. The standard InChI is InChI=1S/C14H15N7O2S/c1-8-15-10(18-23-8)6-19(2)7-11-16-17-14-20(3)13(22)12-9(21(11)14)4-5-24-12/h4-5H,6-7H2,1-3H3. The van der Waals surface area contributed by atoms with Crippen molar-refractivity contribution in [3.63, 3.8) is 0 Å². The van der Waals surface area contributed by atoms with Crippen LogP contribution in [0.5, 0.6) is 0 Å². The van der Waals surface area contributed by atoms with Crippen LogP contribution in [0.4, 0.5) is 0 Å². The van der Waals surface area contributed by atoms with Gasteiger partial charge in [0.15, 0.2) is 11.6 Å². The van der Waals surface area contributed by atoms with E-state index in [9.17, 15) is 4.79 Å². The molecule has 4 heterocycles. The average Bonchev–Trinajstić information content (AvgIpc) is 3.24. The Balaban J connectivity index is 1.73. The predicted molar refractivity (Wildman–Crippen MR) is 87.8 cm³/mol. The average molecular weight is 345 g/mol. The normalized spacial score (nSPS) is 12.0. The van der Waals surface area contributed by atoms with E-state index in [4.69, 9.17) is 4.52 Å². The fraction of sp³-hybridized carbons (Fsp3) is 0.357. The number of aromatic nitrogens is 6. The van der Waals surface area contributed by atoms with E-state index in [0.717, 1.165) is 11.3 Å². The van der Waals surface area contributed by atoms with E-state index in [0.29, 0.717) is 35.3 Å². The highest BCUT2D eigenvalue weighted by Crippen LogP contribution is 2.19. The van der Waals surface area contributed by atoms with Crippen LogP contribution in [0.15, 0.2) is 20.8 Å². The topological polar surface area (TPSA) is 94.4 Å². The molecule has 0 radical (unpaired) electrons. The molecule has 0 amide bonds. The lowest BCUT2D eigenvalue weighted by Crippen LogP contribution is -2.22. The van der Waals surface area contributed by atoms with E-state index in [-0.39, 0.29) is 5.56 Å². The third kappa shape index (κ3) is 2.31. The summed E-state index contributed by atoms with van der Waals surface area (Å²) in [6, 6.07) is 1.92. The summed E-state index contributed by atoms with van der Waals surface area (Å²) in [7, 11) is 3.65. The van der Waals surface area contributed by atoms with E-state index in [2.05, 4.69) is 20.3 Å². The van der Waals surface area contributed by atoms with Crippen LogP contribution in [0.2, 0.25) is 0 Å². The Bertz CT molecular complexity index is 1090. The molecular formula is C14H15N7O2S. The number of hydrogen-bond acceptors (Lipinski definition) is 8. The van der Waals surface area contributed by atoms with Crippen LogP contribution >= 0.6 is 11.3 Å². The first-order chi connectivity index (χ1) is 11.5. The van der Waals surface area contributed by atoms with Gasteiger partial charge in [-0.25, -0.2) is 0 Å². The molecule has 0 unspecified atom stereocenters. The fourth-order valence-corrected chi connectivity index (χ4v) is 3.55. The third-order valence-electron chi connectivity index (χ3n) is 3.79. The monoisotopic (exact) mass is 345 g/mol. The van der Waals surface area contributed by atoms with Crippen molar-refractivity contribution in [2.75, 3.05) is 7.05 Å². The first-order valence-corrected chi connectivity index (χ1v) is 8.20. The quantitative estimate of drug-likeness (QED) is 0.544. The Hall–Kier alpha value is -2.59. The lowest BCUT2D eigenvalue weighted by Gasteiger charge is -2.13. The van der Waals surface area contributed by atoms with Crippen molar-refractivity contribution in [1.29, 1.82) is 0 Å². The van der Waals surface area contributed by atoms with Crippen LogP contribution < -0.4 is 5.56 Å². The predicted octanol–water partition coefficient (Wildman–Crippen LogP) is 0.966. The van der Waals surface area contributed by atoms with Crippen molar-refractivity contribution in [3.05, 3.63) is 39.3 Å². The largest absolute Gasteiger partial charge is 0.340 e. The molecule has 0 aromatic carbocycles. The Morgan fingerprint density at radius 1 is 1.33 bits per heavy atom. The van der Waals surface area contributed by atoms with E-state index in [1.165, 1.54) is 15.9 Å². The third-order valence-corrected chi connectivity index (χ3v) is 4.68. The summed E-state index contributed by atoms with van der Waals surface area (Å²) < 4.78 is 9.13. The molecule has 0 saturated heterocycles. The zero-order valence-corrected chi connectivity index (χ0v) is 14.2.